The highest BCUT2D eigenvalue weighted by Crippen LogP contribution is 2.22. The lowest BCUT2D eigenvalue weighted by atomic mass is 9.89. The highest BCUT2D eigenvalue weighted by atomic mass is 16.5. The maximum absolute atomic E-state index is 12.1. The fraction of sp³-hybridized carbons (Fsp3) is 0.667. The molecule has 4 nitrogen and oxygen atoms in total. The molecule has 1 aromatic carbocycles. The second kappa shape index (κ2) is 13.4. The van der Waals surface area contributed by atoms with Gasteiger partial charge in [-0.25, -0.2) is 9.59 Å². The fourth-order valence-electron chi connectivity index (χ4n) is 2.88. The third-order valence-corrected chi connectivity index (χ3v) is 4.64. The Labute approximate surface area is 171 Å². The Kier molecular flexibility index (Phi) is 11.5. The van der Waals surface area contributed by atoms with Crippen LogP contribution in [0.15, 0.2) is 24.3 Å². The molecule has 0 unspecified atom stereocenters. The van der Waals surface area contributed by atoms with Gasteiger partial charge in [0.15, 0.2) is 0 Å². The van der Waals surface area contributed by atoms with Gasteiger partial charge in [0, 0.05) is 0 Å². The van der Waals surface area contributed by atoms with Crippen molar-refractivity contribution in [3.63, 3.8) is 0 Å². The van der Waals surface area contributed by atoms with Crippen molar-refractivity contribution in [3.8, 4) is 0 Å². The number of ether oxygens (including phenoxy) is 2. The lowest BCUT2D eigenvalue weighted by molar-refractivity contribution is 0.0483. The first-order valence-corrected chi connectivity index (χ1v) is 10.8. The van der Waals surface area contributed by atoms with E-state index in [4.69, 9.17) is 9.47 Å². The van der Waals surface area contributed by atoms with Crippen LogP contribution in [0.25, 0.3) is 0 Å². The summed E-state index contributed by atoms with van der Waals surface area (Å²) in [5.41, 5.74) is 1.32. The second-order valence-corrected chi connectivity index (χ2v) is 8.63. The minimum atomic E-state index is -0.341. The van der Waals surface area contributed by atoms with Crippen molar-refractivity contribution in [2.24, 2.45) is 5.41 Å². The van der Waals surface area contributed by atoms with Crippen LogP contribution < -0.4 is 0 Å². The molecule has 1 rings (SSSR count). The average Bonchev–Trinajstić information content (AvgIpc) is 2.66. The van der Waals surface area contributed by atoms with Crippen LogP contribution in [0, 0.1) is 5.41 Å². The second-order valence-electron chi connectivity index (χ2n) is 8.63. The monoisotopic (exact) mass is 390 g/mol. The lowest BCUT2D eigenvalue weighted by Crippen LogP contribution is -2.09. The molecule has 0 atom stereocenters. The first-order chi connectivity index (χ1) is 13.3. The molecule has 0 saturated heterocycles. The quantitative estimate of drug-likeness (QED) is 0.282. The highest BCUT2D eigenvalue weighted by Gasteiger charge is 2.11. The normalized spacial score (nSPS) is 11.3. The third kappa shape index (κ3) is 11.1. The van der Waals surface area contributed by atoms with Gasteiger partial charge in [0.2, 0.25) is 0 Å². The molecule has 28 heavy (non-hydrogen) atoms. The van der Waals surface area contributed by atoms with E-state index in [1.54, 1.807) is 24.3 Å². The first kappa shape index (κ1) is 24.2. The molecule has 1 aromatic rings. The number of esters is 2. The van der Waals surface area contributed by atoms with Gasteiger partial charge in [-0.05, 0) is 48.9 Å². The summed E-state index contributed by atoms with van der Waals surface area (Å²) in [5.74, 6) is -0.680. The molecule has 0 aliphatic heterocycles. The molecule has 0 saturated carbocycles. The molecule has 0 radical (unpaired) electrons. The van der Waals surface area contributed by atoms with E-state index in [2.05, 4.69) is 27.7 Å². The smallest absolute Gasteiger partial charge is 0.338 e. The zero-order chi connectivity index (χ0) is 20.8. The fourth-order valence-corrected chi connectivity index (χ4v) is 2.88. The Morgan fingerprint density at radius 2 is 1.14 bits per heavy atom. The largest absolute Gasteiger partial charge is 0.462 e. The number of hydrogen-bond acceptors (Lipinski definition) is 4. The Morgan fingerprint density at radius 3 is 1.57 bits per heavy atom. The summed E-state index contributed by atoms with van der Waals surface area (Å²) >= 11 is 0. The Morgan fingerprint density at radius 1 is 0.714 bits per heavy atom. The van der Waals surface area contributed by atoms with Crippen molar-refractivity contribution in [2.45, 2.75) is 85.5 Å². The average molecular weight is 391 g/mol. The van der Waals surface area contributed by atoms with Crippen LogP contribution >= 0.6 is 0 Å². The van der Waals surface area contributed by atoms with Crippen LogP contribution in [0.4, 0.5) is 0 Å². The van der Waals surface area contributed by atoms with Gasteiger partial charge < -0.3 is 9.47 Å². The topological polar surface area (TPSA) is 52.6 Å². The minimum Gasteiger partial charge on any atom is -0.462 e. The maximum atomic E-state index is 12.1. The molecule has 0 N–H and O–H groups in total. The summed E-state index contributed by atoms with van der Waals surface area (Å²) < 4.78 is 10.6. The van der Waals surface area contributed by atoms with E-state index >= 15 is 0 Å². The zero-order valence-electron chi connectivity index (χ0n) is 18.2. The molecular weight excluding hydrogens is 352 g/mol. The predicted octanol–water partition coefficient (Wildman–Crippen LogP) is 6.58. The van der Waals surface area contributed by atoms with Gasteiger partial charge >= 0.3 is 11.9 Å². The number of benzene rings is 1. The van der Waals surface area contributed by atoms with Crippen molar-refractivity contribution >= 4 is 11.9 Å². The maximum Gasteiger partial charge on any atom is 0.338 e. The van der Waals surface area contributed by atoms with E-state index < -0.39 is 0 Å². The summed E-state index contributed by atoms with van der Waals surface area (Å²) in [6.45, 7) is 9.80. The molecule has 0 spiro atoms. The zero-order valence-corrected chi connectivity index (χ0v) is 18.2. The Bertz CT molecular complexity index is 569. The summed E-state index contributed by atoms with van der Waals surface area (Å²) in [5, 5.41) is 0. The van der Waals surface area contributed by atoms with Crippen LogP contribution in [-0.2, 0) is 9.47 Å². The summed E-state index contributed by atoms with van der Waals surface area (Å²) in [6, 6.07) is 6.49. The van der Waals surface area contributed by atoms with Crippen LogP contribution in [0.5, 0.6) is 0 Å². The van der Waals surface area contributed by atoms with Crippen LogP contribution in [0.3, 0.4) is 0 Å². The van der Waals surface area contributed by atoms with Crippen molar-refractivity contribution < 1.29 is 19.1 Å². The molecule has 0 aliphatic rings. The number of carbonyl (C=O) groups excluding carboxylic acids is 2. The van der Waals surface area contributed by atoms with E-state index in [0.717, 1.165) is 38.5 Å². The van der Waals surface area contributed by atoms with Crippen LogP contribution in [-0.4, -0.2) is 25.2 Å². The predicted molar refractivity (Wildman–Crippen MR) is 114 cm³/mol. The SMILES string of the molecule is CCCCCCOC(=O)c1ccc(C(=O)OCCCCCCC(C)(C)C)cc1. The molecule has 0 aromatic heterocycles. The van der Waals surface area contributed by atoms with E-state index in [1.165, 1.54) is 19.3 Å². The molecule has 0 fully saturated rings. The number of rotatable bonds is 13. The van der Waals surface area contributed by atoms with E-state index in [1.807, 2.05) is 0 Å². The molecule has 0 heterocycles. The highest BCUT2D eigenvalue weighted by molar-refractivity contribution is 5.93. The summed E-state index contributed by atoms with van der Waals surface area (Å²) in [4.78, 5) is 24.1. The van der Waals surface area contributed by atoms with E-state index in [9.17, 15) is 9.59 Å². The summed E-state index contributed by atoms with van der Waals surface area (Å²) in [7, 11) is 0. The van der Waals surface area contributed by atoms with E-state index in [-0.39, 0.29) is 11.9 Å². The van der Waals surface area contributed by atoms with Gasteiger partial charge in [-0.3, -0.25) is 0 Å². The third-order valence-electron chi connectivity index (χ3n) is 4.64. The van der Waals surface area contributed by atoms with Crippen molar-refractivity contribution in [1.29, 1.82) is 0 Å². The van der Waals surface area contributed by atoms with Gasteiger partial charge in [-0.1, -0.05) is 66.2 Å². The molecule has 0 amide bonds. The van der Waals surface area contributed by atoms with Gasteiger partial charge in [-0.15, -0.1) is 0 Å². The Hall–Kier alpha value is -1.84. The Balaban J connectivity index is 2.23. The van der Waals surface area contributed by atoms with Gasteiger partial charge in [0.1, 0.15) is 0 Å². The molecule has 158 valence electrons. The molecular formula is C24H38O4. The number of carbonyl (C=O) groups is 2. The van der Waals surface area contributed by atoms with Crippen molar-refractivity contribution in [3.05, 3.63) is 35.4 Å². The molecule has 0 aliphatic carbocycles. The van der Waals surface area contributed by atoms with Crippen LogP contribution in [0.2, 0.25) is 0 Å². The molecule has 4 heteroatoms. The van der Waals surface area contributed by atoms with Gasteiger partial charge in [0.25, 0.3) is 0 Å². The number of unbranched alkanes of at least 4 members (excludes halogenated alkanes) is 6. The first-order valence-electron chi connectivity index (χ1n) is 10.8. The van der Waals surface area contributed by atoms with Crippen LogP contribution in [0.1, 0.15) is 106 Å². The standard InChI is InChI=1S/C24H38O4/c1-5-6-7-11-18-27-22(25)20-13-15-21(16-14-20)23(26)28-19-12-9-8-10-17-24(2,3)4/h13-16H,5-12,17-19H2,1-4H3. The number of hydrogen-bond donors (Lipinski definition) is 0. The lowest BCUT2D eigenvalue weighted by Gasteiger charge is -2.17. The van der Waals surface area contributed by atoms with Crippen molar-refractivity contribution in [1.82, 2.24) is 0 Å². The minimum absolute atomic E-state index is 0.339. The van der Waals surface area contributed by atoms with Crippen molar-refractivity contribution in [2.75, 3.05) is 13.2 Å². The summed E-state index contributed by atoms with van der Waals surface area (Å²) in [6.07, 6.45) is 9.85. The van der Waals surface area contributed by atoms with Gasteiger partial charge in [0.05, 0.1) is 24.3 Å². The van der Waals surface area contributed by atoms with Gasteiger partial charge in [-0.2, -0.15) is 0 Å². The van der Waals surface area contributed by atoms with E-state index in [0.29, 0.717) is 29.8 Å². The molecule has 0 bridgehead atoms.